The lowest BCUT2D eigenvalue weighted by Gasteiger charge is -2.09. The smallest absolute Gasteiger partial charge is 0.110 e. The van der Waals surface area contributed by atoms with Crippen molar-refractivity contribution in [1.29, 1.82) is 0 Å². The normalized spacial score (nSPS) is 18.8. The van der Waals surface area contributed by atoms with Gasteiger partial charge in [-0.05, 0) is 43.0 Å². The number of rotatable bonds is 1. The van der Waals surface area contributed by atoms with E-state index in [1.807, 2.05) is 19.3 Å². The minimum atomic E-state index is 0.230. The van der Waals surface area contributed by atoms with E-state index < -0.39 is 0 Å². The van der Waals surface area contributed by atoms with Gasteiger partial charge in [0.25, 0.3) is 0 Å². The van der Waals surface area contributed by atoms with Gasteiger partial charge in [-0.2, -0.15) is 0 Å². The summed E-state index contributed by atoms with van der Waals surface area (Å²) in [5.74, 6) is 1.02. The first-order chi connectivity index (χ1) is 7.75. The Morgan fingerprint density at radius 1 is 1.44 bits per heavy atom. The second-order valence-electron chi connectivity index (χ2n) is 4.37. The van der Waals surface area contributed by atoms with Gasteiger partial charge in [0.2, 0.25) is 0 Å². The summed E-state index contributed by atoms with van der Waals surface area (Å²) in [6.07, 6.45) is 5.99. The van der Waals surface area contributed by atoms with Gasteiger partial charge >= 0.3 is 0 Å². The van der Waals surface area contributed by atoms with Crippen molar-refractivity contribution in [3.05, 3.63) is 47.5 Å². The molecule has 1 aliphatic rings. The second kappa shape index (κ2) is 3.46. The van der Waals surface area contributed by atoms with Gasteiger partial charge in [-0.1, -0.05) is 6.07 Å². The molecule has 0 spiro atoms. The molecule has 82 valence electrons. The molecule has 16 heavy (non-hydrogen) atoms. The molecular weight excluding hydrogens is 198 g/mol. The van der Waals surface area contributed by atoms with Crippen LogP contribution in [0.15, 0.2) is 30.6 Å². The van der Waals surface area contributed by atoms with Crippen molar-refractivity contribution < 1.29 is 0 Å². The van der Waals surface area contributed by atoms with E-state index in [1.165, 1.54) is 16.8 Å². The van der Waals surface area contributed by atoms with Crippen molar-refractivity contribution >= 4 is 0 Å². The van der Waals surface area contributed by atoms with E-state index in [2.05, 4.69) is 27.8 Å². The maximum Gasteiger partial charge on any atom is 0.110 e. The Hall–Kier alpha value is -1.61. The maximum absolute atomic E-state index is 6.03. The van der Waals surface area contributed by atoms with Crippen LogP contribution in [0.25, 0.3) is 5.69 Å². The SMILES string of the molecule is Cc1nccn1-c1ccc2c(c1)CCC2N. The topological polar surface area (TPSA) is 43.8 Å². The number of imidazole rings is 1. The Morgan fingerprint density at radius 2 is 2.31 bits per heavy atom. The fraction of sp³-hybridized carbons (Fsp3) is 0.308. The standard InChI is InChI=1S/C13H15N3/c1-9-15-6-7-16(9)11-3-4-12-10(8-11)2-5-13(12)14/h3-4,6-8,13H,2,5,14H2,1H3. The highest BCUT2D eigenvalue weighted by atomic mass is 15.1. The van der Waals surface area contributed by atoms with Crippen LogP contribution in [0, 0.1) is 6.92 Å². The quantitative estimate of drug-likeness (QED) is 0.788. The van der Waals surface area contributed by atoms with Crippen molar-refractivity contribution in [2.24, 2.45) is 5.73 Å². The molecule has 3 rings (SSSR count). The highest BCUT2D eigenvalue weighted by Crippen LogP contribution is 2.30. The highest BCUT2D eigenvalue weighted by Gasteiger charge is 2.19. The first-order valence-electron chi connectivity index (χ1n) is 5.64. The highest BCUT2D eigenvalue weighted by molar-refractivity contribution is 5.44. The van der Waals surface area contributed by atoms with Crippen LogP contribution in [0.2, 0.25) is 0 Å². The van der Waals surface area contributed by atoms with Gasteiger partial charge < -0.3 is 10.3 Å². The molecule has 1 unspecified atom stereocenters. The minimum Gasteiger partial charge on any atom is -0.324 e. The summed E-state index contributed by atoms with van der Waals surface area (Å²) in [5.41, 5.74) is 9.90. The average molecular weight is 213 g/mol. The molecule has 0 aliphatic heterocycles. The van der Waals surface area contributed by atoms with Gasteiger partial charge in [0.15, 0.2) is 0 Å². The van der Waals surface area contributed by atoms with E-state index in [-0.39, 0.29) is 6.04 Å². The number of hydrogen-bond donors (Lipinski definition) is 1. The molecule has 2 aromatic rings. The van der Waals surface area contributed by atoms with Crippen LogP contribution in [0.5, 0.6) is 0 Å². The van der Waals surface area contributed by atoms with E-state index >= 15 is 0 Å². The van der Waals surface area contributed by atoms with Crippen LogP contribution in [0.1, 0.15) is 29.4 Å². The Labute approximate surface area is 94.9 Å². The summed E-state index contributed by atoms with van der Waals surface area (Å²) in [4.78, 5) is 4.24. The molecule has 1 aromatic heterocycles. The van der Waals surface area contributed by atoms with E-state index in [0.717, 1.165) is 18.7 Å². The first kappa shape index (κ1) is 9.60. The zero-order valence-electron chi connectivity index (χ0n) is 9.35. The van der Waals surface area contributed by atoms with Crippen molar-refractivity contribution in [2.45, 2.75) is 25.8 Å². The molecule has 3 nitrogen and oxygen atoms in total. The number of fused-ring (bicyclic) bond motifs is 1. The number of hydrogen-bond acceptors (Lipinski definition) is 2. The van der Waals surface area contributed by atoms with Crippen molar-refractivity contribution in [3.8, 4) is 5.69 Å². The lowest BCUT2D eigenvalue weighted by molar-refractivity contribution is 0.713. The largest absolute Gasteiger partial charge is 0.324 e. The molecule has 1 aliphatic carbocycles. The molecule has 3 heteroatoms. The van der Waals surface area contributed by atoms with Crippen LogP contribution in [0.3, 0.4) is 0 Å². The number of aryl methyl sites for hydroxylation is 2. The Morgan fingerprint density at radius 3 is 3.06 bits per heavy atom. The van der Waals surface area contributed by atoms with Gasteiger partial charge in [0, 0.05) is 24.1 Å². The predicted octanol–water partition coefficient (Wildman–Crippen LogP) is 2.13. The van der Waals surface area contributed by atoms with Crippen molar-refractivity contribution in [1.82, 2.24) is 9.55 Å². The molecule has 2 N–H and O–H groups in total. The predicted molar refractivity (Wildman–Crippen MR) is 63.6 cm³/mol. The molecule has 0 saturated heterocycles. The molecule has 1 atom stereocenters. The zero-order chi connectivity index (χ0) is 11.1. The van der Waals surface area contributed by atoms with Crippen LogP contribution in [-0.2, 0) is 6.42 Å². The minimum absolute atomic E-state index is 0.230. The monoisotopic (exact) mass is 213 g/mol. The summed E-state index contributed by atoms with van der Waals surface area (Å²) in [6.45, 7) is 2.01. The van der Waals surface area contributed by atoms with Gasteiger partial charge in [-0.25, -0.2) is 4.98 Å². The van der Waals surface area contributed by atoms with Crippen LogP contribution < -0.4 is 5.73 Å². The van der Waals surface area contributed by atoms with E-state index in [0.29, 0.717) is 0 Å². The van der Waals surface area contributed by atoms with Crippen LogP contribution in [0.4, 0.5) is 0 Å². The average Bonchev–Trinajstić information content (AvgIpc) is 2.86. The molecule has 1 heterocycles. The summed E-state index contributed by atoms with van der Waals surface area (Å²) in [6, 6.07) is 6.74. The van der Waals surface area contributed by atoms with Gasteiger partial charge in [-0.15, -0.1) is 0 Å². The zero-order valence-corrected chi connectivity index (χ0v) is 9.35. The fourth-order valence-electron chi connectivity index (χ4n) is 2.44. The number of aromatic nitrogens is 2. The lowest BCUT2D eigenvalue weighted by Crippen LogP contribution is -2.05. The maximum atomic E-state index is 6.03. The van der Waals surface area contributed by atoms with Crippen molar-refractivity contribution in [3.63, 3.8) is 0 Å². The summed E-state index contributed by atoms with van der Waals surface area (Å²) in [5, 5.41) is 0. The van der Waals surface area contributed by atoms with E-state index in [1.54, 1.807) is 0 Å². The van der Waals surface area contributed by atoms with Gasteiger partial charge in [-0.3, -0.25) is 0 Å². The van der Waals surface area contributed by atoms with Gasteiger partial charge in [0.1, 0.15) is 5.82 Å². The number of nitrogens with zero attached hydrogens (tertiary/aromatic N) is 2. The molecule has 0 amide bonds. The molecular formula is C13H15N3. The van der Waals surface area contributed by atoms with Crippen LogP contribution in [-0.4, -0.2) is 9.55 Å². The summed E-state index contributed by atoms with van der Waals surface area (Å²) < 4.78 is 2.10. The Balaban J connectivity index is 2.09. The van der Waals surface area contributed by atoms with Crippen molar-refractivity contribution in [2.75, 3.05) is 0 Å². The fourth-order valence-corrected chi connectivity index (χ4v) is 2.44. The second-order valence-corrected chi connectivity index (χ2v) is 4.37. The third kappa shape index (κ3) is 1.36. The Kier molecular flexibility index (Phi) is 2.07. The molecule has 1 aromatic carbocycles. The molecule has 0 bridgehead atoms. The number of nitrogens with two attached hydrogens (primary N) is 1. The number of benzene rings is 1. The third-order valence-electron chi connectivity index (χ3n) is 3.35. The molecule has 0 saturated carbocycles. The van der Waals surface area contributed by atoms with E-state index in [9.17, 15) is 0 Å². The lowest BCUT2D eigenvalue weighted by atomic mass is 10.1. The van der Waals surface area contributed by atoms with E-state index in [4.69, 9.17) is 5.73 Å². The Bertz CT molecular complexity index is 528. The third-order valence-corrected chi connectivity index (χ3v) is 3.35. The van der Waals surface area contributed by atoms with Crippen LogP contribution >= 0.6 is 0 Å². The summed E-state index contributed by atoms with van der Waals surface area (Å²) >= 11 is 0. The first-order valence-corrected chi connectivity index (χ1v) is 5.64. The summed E-state index contributed by atoms with van der Waals surface area (Å²) in [7, 11) is 0. The molecule has 0 radical (unpaired) electrons. The van der Waals surface area contributed by atoms with Gasteiger partial charge in [0.05, 0.1) is 0 Å². The molecule has 0 fully saturated rings.